The van der Waals surface area contributed by atoms with Gasteiger partial charge in [-0.2, -0.15) is 0 Å². The van der Waals surface area contributed by atoms with Crippen LogP contribution >= 0.6 is 11.6 Å². The summed E-state index contributed by atoms with van der Waals surface area (Å²) in [6.07, 6.45) is 0. The number of urea groups is 1. The molecule has 0 bridgehead atoms. The molecule has 1 fully saturated rings. The number of likely N-dealkylation sites (tertiary alicyclic amines) is 1. The van der Waals surface area contributed by atoms with Crippen LogP contribution in [0.4, 0.5) is 10.5 Å². The molecular weight excluding hydrogens is 338 g/mol. The van der Waals surface area contributed by atoms with Crippen LogP contribution in [0.3, 0.4) is 0 Å². The summed E-state index contributed by atoms with van der Waals surface area (Å²) in [4.78, 5) is 26.4. The highest BCUT2D eigenvalue weighted by Crippen LogP contribution is 2.46. The van der Waals surface area contributed by atoms with Crippen LogP contribution in [-0.4, -0.2) is 35.5 Å². The fraction of sp³-hybridized carbons (Fsp3) is 0.579. The maximum Gasteiger partial charge on any atom is 0.322 e. The van der Waals surface area contributed by atoms with E-state index in [9.17, 15) is 9.59 Å². The van der Waals surface area contributed by atoms with Crippen molar-refractivity contribution in [2.75, 3.05) is 18.4 Å². The molecule has 0 atom stereocenters. The Morgan fingerprint density at radius 2 is 1.88 bits per heavy atom. The lowest BCUT2D eigenvalue weighted by atomic mass is 9.65. The predicted molar refractivity (Wildman–Crippen MR) is 102 cm³/mol. The van der Waals surface area contributed by atoms with Gasteiger partial charge in [0.25, 0.3) is 5.91 Å². The predicted octanol–water partition coefficient (Wildman–Crippen LogP) is 4.38. The van der Waals surface area contributed by atoms with Crippen LogP contribution in [0.25, 0.3) is 0 Å². The molecule has 2 N–H and O–H groups in total. The van der Waals surface area contributed by atoms with E-state index in [0.717, 1.165) is 0 Å². The third kappa shape index (κ3) is 3.92. The Morgan fingerprint density at radius 1 is 1.24 bits per heavy atom. The number of rotatable bonds is 4. The molecule has 0 aromatic heterocycles. The Kier molecular flexibility index (Phi) is 5.38. The summed E-state index contributed by atoms with van der Waals surface area (Å²) in [5.41, 5.74) is 0.861. The fourth-order valence-corrected chi connectivity index (χ4v) is 3.01. The average molecular weight is 366 g/mol. The quantitative estimate of drug-likeness (QED) is 0.831. The van der Waals surface area contributed by atoms with E-state index >= 15 is 0 Å². The normalized spacial score (nSPS) is 17.8. The summed E-state index contributed by atoms with van der Waals surface area (Å²) in [5, 5.41) is 6.02. The lowest BCUT2D eigenvalue weighted by Crippen LogP contribution is -2.71. The zero-order chi connectivity index (χ0) is 19.0. The van der Waals surface area contributed by atoms with E-state index in [1.54, 1.807) is 18.2 Å². The lowest BCUT2D eigenvalue weighted by molar-refractivity contribution is -0.0770. The summed E-state index contributed by atoms with van der Waals surface area (Å²) in [5.74, 6) is 0.160. The highest BCUT2D eigenvalue weighted by Gasteiger charge is 2.54. The molecule has 0 aliphatic carbocycles. The molecule has 2 rings (SSSR count). The van der Waals surface area contributed by atoms with Gasteiger partial charge in [0.1, 0.15) is 0 Å². The Morgan fingerprint density at radius 3 is 2.36 bits per heavy atom. The summed E-state index contributed by atoms with van der Waals surface area (Å²) < 4.78 is 0. The molecule has 0 spiro atoms. The van der Waals surface area contributed by atoms with Crippen LogP contribution in [0.5, 0.6) is 0 Å². The van der Waals surface area contributed by atoms with Crippen molar-refractivity contribution < 1.29 is 9.59 Å². The number of nitrogens with one attached hydrogen (secondary N) is 2. The van der Waals surface area contributed by atoms with E-state index in [1.807, 2.05) is 18.7 Å². The van der Waals surface area contributed by atoms with E-state index in [-0.39, 0.29) is 22.9 Å². The van der Waals surface area contributed by atoms with Gasteiger partial charge in [-0.05, 0) is 38.0 Å². The molecule has 1 aliphatic rings. The number of anilines is 1. The van der Waals surface area contributed by atoms with Gasteiger partial charge in [-0.1, -0.05) is 39.3 Å². The number of hydrogen-bond acceptors (Lipinski definition) is 2. The number of hydrogen-bond donors (Lipinski definition) is 2. The van der Waals surface area contributed by atoms with Gasteiger partial charge < -0.3 is 15.5 Å². The zero-order valence-electron chi connectivity index (χ0n) is 15.9. The second-order valence-corrected chi connectivity index (χ2v) is 8.66. The van der Waals surface area contributed by atoms with Crippen molar-refractivity contribution in [2.45, 2.75) is 47.1 Å². The molecule has 1 heterocycles. The van der Waals surface area contributed by atoms with Gasteiger partial charge in [0.2, 0.25) is 0 Å². The third-order valence-corrected chi connectivity index (χ3v) is 5.58. The molecule has 1 saturated heterocycles. The summed E-state index contributed by atoms with van der Waals surface area (Å²) in [7, 11) is 0. The number of carbonyl (C=O) groups is 2. The first kappa shape index (κ1) is 19.6. The van der Waals surface area contributed by atoms with Gasteiger partial charge in [-0.3, -0.25) is 4.79 Å². The second kappa shape index (κ2) is 6.87. The highest BCUT2D eigenvalue weighted by molar-refractivity contribution is 6.34. The number of benzene rings is 1. The summed E-state index contributed by atoms with van der Waals surface area (Å²) >= 11 is 6.23. The van der Waals surface area contributed by atoms with Crippen molar-refractivity contribution in [3.63, 3.8) is 0 Å². The number of amides is 3. The van der Waals surface area contributed by atoms with Crippen LogP contribution in [0.1, 0.15) is 51.9 Å². The minimum Gasteiger partial charge on any atom is -0.352 e. The van der Waals surface area contributed by atoms with Crippen molar-refractivity contribution in [3.8, 4) is 0 Å². The maximum atomic E-state index is 12.5. The first-order chi connectivity index (χ1) is 11.5. The van der Waals surface area contributed by atoms with E-state index in [4.69, 9.17) is 11.6 Å². The average Bonchev–Trinajstić information content (AvgIpc) is 2.50. The molecule has 0 saturated carbocycles. The molecule has 5 nitrogen and oxygen atoms in total. The largest absolute Gasteiger partial charge is 0.352 e. The number of halogens is 1. The highest BCUT2D eigenvalue weighted by atomic mass is 35.5. The van der Waals surface area contributed by atoms with Gasteiger partial charge in [0.05, 0.1) is 10.6 Å². The molecule has 1 aromatic carbocycles. The molecule has 6 heteroatoms. The molecule has 0 radical (unpaired) electrons. The monoisotopic (exact) mass is 365 g/mol. The lowest BCUT2D eigenvalue weighted by Gasteiger charge is -2.60. The van der Waals surface area contributed by atoms with E-state index in [0.29, 0.717) is 35.3 Å². The van der Waals surface area contributed by atoms with Crippen LogP contribution in [0, 0.1) is 11.3 Å². The topological polar surface area (TPSA) is 61.4 Å². The number of carbonyl (C=O) groups excluding carboxylic acids is 2. The van der Waals surface area contributed by atoms with Gasteiger partial charge in [0.15, 0.2) is 0 Å². The van der Waals surface area contributed by atoms with Gasteiger partial charge in [-0.15, -0.1) is 0 Å². The van der Waals surface area contributed by atoms with Crippen molar-refractivity contribution in [2.24, 2.45) is 11.3 Å². The van der Waals surface area contributed by atoms with Crippen molar-refractivity contribution in [1.29, 1.82) is 0 Å². The fourth-order valence-electron chi connectivity index (χ4n) is 2.75. The van der Waals surface area contributed by atoms with Gasteiger partial charge in [-0.25, -0.2) is 4.79 Å². The van der Waals surface area contributed by atoms with Crippen LogP contribution < -0.4 is 10.6 Å². The minimum atomic E-state index is -0.211. The Hall–Kier alpha value is -1.75. The summed E-state index contributed by atoms with van der Waals surface area (Å²) in [6.45, 7) is 13.8. The molecular formula is C19H28ClN3O2. The third-order valence-electron chi connectivity index (χ3n) is 5.27. The standard InChI is InChI=1S/C19H28ClN3O2/c1-12(2)10-21-16(24)14-8-7-13(9-15(14)20)22-17(25)23-11-18(3,4)19(23,5)6/h7-9,12H,10-11H2,1-6H3,(H,21,24)(H,22,25). The smallest absolute Gasteiger partial charge is 0.322 e. The molecule has 138 valence electrons. The van der Waals surface area contributed by atoms with Crippen molar-refractivity contribution in [1.82, 2.24) is 10.2 Å². The molecule has 25 heavy (non-hydrogen) atoms. The number of nitrogens with zero attached hydrogens (tertiary/aromatic N) is 1. The van der Waals surface area contributed by atoms with Crippen LogP contribution in [0.2, 0.25) is 5.02 Å². The Balaban J connectivity index is 2.04. The molecule has 0 unspecified atom stereocenters. The molecule has 1 aromatic rings. The molecule has 1 aliphatic heterocycles. The van der Waals surface area contributed by atoms with E-state index in [2.05, 4.69) is 38.3 Å². The maximum absolute atomic E-state index is 12.5. The minimum absolute atomic E-state index is 0.0837. The van der Waals surface area contributed by atoms with Crippen LogP contribution in [-0.2, 0) is 0 Å². The van der Waals surface area contributed by atoms with E-state index in [1.165, 1.54) is 0 Å². The first-order valence-electron chi connectivity index (χ1n) is 8.62. The Bertz CT molecular complexity index is 683. The zero-order valence-corrected chi connectivity index (χ0v) is 16.6. The van der Waals surface area contributed by atoms with E-state index < -0.39 is 0 Å². The second-order valence-electron chi connectivity index (χ2n) is 8.26. The summed E-state index contributed by atoms with van der Waals surface area (Å²) in [6, 6.07) is 4.80. The van der Waals surface area contributed by atoms with Crippen LogP contribution in [0.15, 0.2) is 18.2 Å². The Labute approximate surface area is 155 Å². The molecule has 3 amide bonds. The van der Waals surface area contributed by atoms with Gasteiger partial charge in [0, 0.05) is 29.7 Å². The SMILES string of the molecule is CC(C)CNC(=O)c1ccc(NC(=O)N2CC(C)(C)C2(C)C)cc1Cl. The van der Waals surface area contributed by atoms with Crippen molar-refractivity contribution in [3.05, 3.63) is 28.8 Å². The van der Waals surface area contributed by atoms with Crippen molar-refractivity contribution >= 4 is 29.2 Å². The first-order valence-corrected chi connectivity index (χ1v) is 9.00. The van der Waals surface area contributed by atoms with Gasteiger partial charge >= 0.3 is 6.03 Å².